The van der Waals surface area contributed by atoms with Crippen LogP contribution in [0.25, 0.3) is 5.57 Å². The Hall–Kier alpha value is -3.32. The Bertz CT molecular complexity index is 1280. The monoisotopic (exact) mass is 580 g/mol. The number of anilines is 1. The summed E-state index contributed by atoms with van der Waals surface area (Å²) in [7, 11) is 0. The third kappa shape index (κ3) is 9.59. The van der Waals surface area contributed by atoms with Gasteiger partial charge >= 0.3 is 0 Å². The van der Waals surface area contributed by atoms with E-state index in [-0.39, 0.29) is 6.04 Å². The second kappa shape index (κ2) is 17.7. The van der Waals surface area contributed by atoms with Crippen molar-refractivity contribution in [3.63, 3.8) is 0 Å². The number of hydrogen-bond donors (Lipinski definition) is 1. The van der Waals surface area contributed by atoms with Crippen LogP contribution in [0.2, 0.25) is 0 Å². The van der Waals surface area contributed by atoms with Crippen LogP contribution in [0.1, 0.15) is 128 Å². The number of aliphatic imine (C=N–C) groups is 1. The Morgan fingerprint density at radius 3 is 2.42 bits per heavy atom. The maximum absolute atomic E-state index is 6.03. The number of aryl methyl sites for hydroxylation is 1. The van der Waals surface area contributed by atoms with Crippen molar-refractivity contribution < 1.29 is 0 Å². The number of allylic oxidation sites excluding steroid dienone is 2. The molecule has 4 nitrogen and oxygen atoms in total. The van der Waals surface area contributed by atoms with Gasteiger partial charge in [-0.3, -0.25) is 4.99 Å². The van der Waals surface area contributed by atoms with Gasteiger partial charge in [0.1, 0.15) is 5.82 Å². The maximum Gasteiger partial charge on any atom is 0.133 e. The standard InChI is InChI=1S/C37H50N4.C2H6/c1-6-11-33-22-34(19-18-30(33)7-2)32-16-14-29(15-17-32)26-41(28(5)31-12-9-8-10-13-31)37-23-35(20-21-39-37)36(24-38)25-40-27(3)4;1-2/h18-25,27,29,31-32H,5,7-10,12-17,26,38H2,1-4H3;1-2H3/b36-24+,40-25?;. The van der Waals surface area contributed by atoms with E-state index in [1.807, 2.05) is 39.2 Å². The number of rotatable bonds is 10. The van der Waals surface area contributed by atoms with Crippen LogP contribution in [0, 0.1) is 23.7 Å². The van der Waals surface area contributed by atoms with Gasteiger partial charge in [0.25, 0.3) is 0 Å². The molecule has 2 saturated carbocycles. The van der Waals surface area contributed by atoms with E-state index in [2.05, 4.69) is 73.3 Å². The molecule has 43 heavy (non-hydrogen) atoms. The molecule has 1 heterocycles. The second-order valence-electron chi connectivity index (χ2n) is 12.2. The van der Waals surface area contributed by atoms with Crippen LogP contribution >= 0.6 is 0 Å². The van der Waals surface area contributed by atoms with Crippen molar-refractivity contribution in [2.45, 2.75) is 118 Å². The molecular formula is C39H56N4. The van der Waals surface area contributed by atoms with Gasteiger partial charge in [-0.05, 0) is 118 Å². The van der Waals surface area contributed by atoms with E-state index in [4.69, 9.17) is 10.7 Å². The number of aromatic nitrogens is 1. The fourth-order valence-corrected chi connectivity index (χ4v) is 6.55. The van der Waals surface area contributed by atoms with Gasteiger partial charge in [0.2, 0.25) is 0 Å². The highest BCUT2D eigenvalue weighted by molar-refractivity contribution is 6.09. The summed E-state index contributed by atoms with van der Waals surface area (Å²) in [6.45, 7) is 18.0. The summed E-state index contributed by atoms with van der Waals surface area (Å²) < 4.78 is 0. The lowest BCUT2D eigenvalue weighted by Crippen LogP contribution is -2.34. The molecule has 2 aliphatic carbocycles. The highest BCUT2D eigenvalue weighted by atomic mass is 15.2. The molecular weight excluding hydrogens is 524 g/mol. The summed E-state index contributed by atoms with van der Waals surface area (Å²) in [5.74, 6) is 9.20. The Morgan fingerprint density at radius 1 is 1.07 bits per heavy atom. The van der Waals surface area contributed by atoms with Gasteiger partial charge in [-0.25, -0.2) is 4.98 Å². The molecule has 2 fully saturated rings. The normalized spacial score (nSPS) is 19.4. The molecule has 2 aliphatic rings. The van der Waals surface area contributed by atoms with Gasteiger partial charge in [-0.15, -0.1) is 5.92 Å². The first-order valence-corrected chi connectivity index (χ1v) is 16.9. The fraction of sp³-hybridized carbons (Fsp3) is 0.538. The summed E-state index contributed by atoms with van der Waals surface area (Å²) in [4.78, 5) is 11.9. The minimum absolute atomic E-state index is 0.222. The molecule has 232 valence electrons. The van der Waals surface area contributed by atoms with Crippen molar-refractivity contribution in [2.75, 3.05) is 11.4 Å². The molecule has 4 heteroatoms. The van der Waals surface area contributed by atoms with Gasteiger partial charge in [0.05, 0.1) is 0 Å². The summed E-state index contributed by atoms with van der Waals surface area (Å²) in [6.07, 6.45) is 17.7. The Labute approximate surface area is 263 Å². The van der Waals surface area contributed by atoms with E-state index < -0.39 is 0 Å². The summed E-state index contributed by atoms with van der Waals surface area (Å²) in [5, 5.41) is 0. The van der Waals surface area contributed by atoms with E-state index in [1.54, 1.807) is 6.20 Å². The molecule has 0 atom stereocenters. The molecule has 1 aromatic heterocycles. The topological polar surface area (TPSA) is 54.5 Å². The molecule has 0 amide bonds. The van der Waals surface area contributed by atoms with Crippen molar-refractivity contribution >= 4 is 17.6 Å². The van der Waals surface area contributed by atoms with E-state index in [0.29, 0.717) is 17.8 Å². The van der Waals surface area contributed by atoms with Crippen LogP contribution in [-0.2, 0) is 6.42 Å². The smallest absolute Gasteiger partial charge is 0.133 e. The molecule has 0 spiro atoms. The maximum atomic E-state index is 6.03. The number of nitrogens with two attached hydrogens (primary N) is 1. The summed E-state index contributed by atoms with van der Waals surface area (Å²) in [6, 6.07) is 11.4. The SMILES string of the molecule is C=C(C1CCCCC1)N(CC1CCC(c2ccc(CC)c(C#CC)c2)CC1)c1cc(/C(C=NC(C)C)=C/N)ccn1.CC. The zero-order valence-corrected chi connectivity index (χ0v) is 27.8. The molecule has 1 aromatic carbocycles. The molecule has 0 saturated heterocycles. The first-order chi connectivity index (χ1) is 20.9. The zero-order valence-electron chi connectivity index (χ0n) is 27.8. The minimum atomic E-state index is 0.222. The summed E-state index contributed by atoms with van der Waals surface area (Å²) in [5.41, 5.74) is 13.3. The van der Waals surface area contributed by atoms with Crippen molar-refractivity contribution in [1.29, 1.82) is 0 Å². The fourth-order valence-electron chi connectivity index (χ4n) is 6.55. The predicted octanol–water partition coefficient (Wildman–Crippen LogP) is 9.69. The number of benzene rings is 1. The average Bonchev–Trinajstić information content (AvgIpc) is 3.05. The molecule has 4 rings (SSSR count). The minimum Gasteiger partial charge on any atom is -0.404 e. The third-order valence-corrected chi connectivity index (χ3v) is 9.00. The van der Waals surface area contributed by atoms with Crippen molar-refractivity contribution in [1.82, 2.24) is 4.98 Å². The molecule has 0 bridgehead atoms. The Morgan fingerprint density at radius 2 is 1.79 bits per heavy atom. The van der Waals surface area contributed by atoms with Crippen LogP contribution in [0.3, 0.4) is 0 Å². The van der Waals surface area contributed by atoms with E-state index in [1.165, 1.54) is 80.2 Å². The van der Waals surface area contributed by atoms with Crippen LogP contribution in [0.15, 0.2) is 60.0 Å². The predicted molar refractivity (Wildman–Crippen MR) is 188 cm³/mol. The van der Waals surface area contributed by atoms with Crippen LogP contribution in [0.5, 0.6) is 0 Å². The Kier molecular flexibility index (Phi) is 14.1. The molecule has 0 unspecified atom stereocenters. The first kappa shape index (κ1) is 34.2. The van der Waals surface area contributed by atoms with Crippen LogP contribution in [-0.4, -0.2) is 23.8 Å². The third-order valence-electron chi connectivity index (χ3n) is 9.00. The summed E-state index contributed by atoms with van der Waals surface area (Å²) >= 11 is 0. The molecule has 2 aromatic rings. The van der Waals surface area contributed by atoms with E-state index in [0.717, 1.165) is 29.9 Å². The van der Waals surface area contributed by atoms with Crippen molar-refractivity contribution in [3.05, 3.63) is 77.3 Å². The number of pyridine rings is 1. The lowest BCUT2D eigenvalue weighted by molar-refractivity contribution is 0.323. The van der Waals surface area contributed by atoms with Gasteiger partial charge in [-0.1, -0.05) is 64.7 Å². The number of nitrogens with zero attached hydrogens (tertiary/aromatic N) is 3. The lowest BCUT2D eigenvalue weighted by Gasteiger charge is -2.37. The van der Waals surface area contributed by atoms with Gasteiger partial charge in [-0.2, -0.15) is 0 Å². The molecule has 0 aliphatic heterocycles. The second-order valence-corrected chi connectivity index (χ2v) is 12.2. The van der Waals surface area contributed by atoms with Gasteiger partial charge in [0, 0.05) is 48.0 Å². The largest absolute Gasteiger partial charge is 0.404 e. The van der Waals surface area contributed by atoms with E-state index in [9.17, 15) is 0 Å². The molecule has 2 N–H and O–H groups in total. The number of hydrogen-bond acceptors (Lipinski definition) is 4. The van der Waals surface area contributed by atoms with Gasteiger partial charge in [0.15, 0.2) is 0 Å². The highest BCUT2D eigenvalue weighted by Crippen LogP contribution is 2.39. The van der Waals surface area contributed by atoms with E-state index >= 15 is 0 Å². The van der Waals surface area contributed by atoms with Crippen molar-refractivity contribution in [3.8, 4) is 11.8 Å². The zero-order chi connectivity index (χ0) is 31.2. The van der Waals surface area contributed by atoms with Crippen LogP contribution < -0.4 is 10.6 Å². The Balaban J connectivity index is 0.00000248. The van der Waals surface area contributed by atoms with Crippen molar-refractivity contribution in [2.24, 2.45) is 22.6 Å². The first-order valence-electron chi connectivity index (χ1n) is 16.9. The quantitative estimate of drug-likeness (QED) is 0.225. The van der Waals surface area contributed by atoms with Gasteiger partial charge < -0.3 is 10.6 Å². The average molecular weight is 581 g/mol. The lowest BCUT2D eigenvalue weighted by atomic mass is 9.77. The van der Waals surface area contributed by atoms with Crippen LogP contribution in [0.4, 0.5) is 5.82 Å². The highest BCUT2D eigenvalue weighted by Gasteiger charge is 2.28. The molecule has 0 radical (unpaired) electrons.